The highest BCUT2D eigenvalue weighted by Crippen LogP contribution is 2.00. The number of hydrogen-bond donors (Lipinski definition) is 0. The third kappa shape index (κ3) is 4.54. The summed E-state index contributed by atoms with van der Waals surface area (Å²) in [7, 11) is 0. The first kappa shape index (κ1) is 9.67. The molecule has 1 nitrogen and oxygen atoms in total. The van der Waals surface area contributed by atoms with Crippen LogP contribution in [0.25, 0.3) is 0 Å². The van der Waals surface area contributed by atoms with Crippen LogP contribution in [-0.4, -0.2) is 12.3 Å². The molecule has 10 heavy (non-hydrogen) atoms. The van der Waals surface area contributed by atoms with Crippen molar-refractivity contribution < 1.29 is 0 Å². The average Bonchev–Trinajstić information content (AvgIpc) is 1.90. The zero-order valence-electron chi connectivity index (χ0n) is 7.48. The van der Waals surface area contributed by atoms with E-state index in [4.69, 9.17) is 0 Å². The van der Waals surface area contributed by atoms with Crippen LogP contribution in [0.1, 0.15) is 46.5 Å². The van der Waals surface area contributed by atoms with Gasteiger partial charge < -0.3 is 0 Å². The smallest absolute Gasteiger partial charge is 0.0360 e. The Morgan fingerprint density at radius 2 is 1.50 bits per heavy atom. The third-order valence-corrected chi connectivity index (χ3v) is 1.46. The fourth-order valence-electron chi connectivity index (χ4n) is 1.08. The molecule has 0 bridgehead atoms. The van der Waals surface area contributed by atoms with Gasteiger partial charge in [0.25, 0.3) is 0 Å². The van der Waals surface area contributed by atoms with Crippen LogP contribution in [0.15, 0.2) is 4.99 Å². The predicted octanol–water partition coefficient (Wildman–Crippen LogP) is 3.05. The van der Waals surface area contributed by atoms with Crippen molar-refractivity contribution in [3.63, 3.8) is 0 Å². The van der Waals surface area contributed by atoms with Gasteiger partial charge in [0.15, 0.2) is 0 Å². The summed E-state index contributed by atoms with van der Waals surface area (Å²) in [5, 5.41) is 0. The van der Waals surface area contributed by atoms with Crippen molar-refractivity contribution in [2.24, 2.45) is 4.99 Å². The van der Waals surface area contributed by atoms with E-state index in [1.165, 1.54) is 31.4 Å². The van der Waals surface area contributed by atoms with E-state index in [-0.39, 0.29) is 0 Å². The van der Waals surface area contributed by atoms with Gasteiger partial charge in [0.2, 0.25) is 0 Å². The van der Waals surface area contributed by atoms with Gasteiger partial charge in [-0.05, 0) is 19.8 Å². The van der Waals surface area contributed by atoms with Gasteiger partial charge >= 0.3 is 0 Å². The summed E-state index contributed by atoms with van der Waals surface area (Å²) >= 11 is 0. The highest BCUT2D eigenvalue weighted by Gasteiger charge is 1.93. The number of nitrogens with zero attached hydrogens (tertiary/aromatic N) is 1. The van der Waals surface area contributed by atoms with E-state index in [2.05, 4.69) is 25.8 Å². The van der Waals surface area contributed by atoms with Crippen molar-refractivity contribution in [2.45, 2.75) is 46.5 Å². The molecule has 0 aliphatic carbocycles. The van der Waals surface area contributed by atoms with Crippen LogP contribution in [0.2, 0.25) is 0 Å². The molecule has 1 heteroatoms. The lowest BCUT2D eigenvalue weighted by Crippen LogP contribution is -1.97. The summed E-state index contributed by atoms with van der Waals surface area (Å²) in [6.07, 6.45) is 4.86. The average molecular weight is 141 g/mol. The highest BCUT2D eigenvalue weighted by molar-refractivity contribution is 5.84. The zero-order chi connectivity index (χ0) is 7.82. The molecule has 60 valence electrons. The molecule has 0 heterocycles. The molecule has 0 aliphatic rings. The van der Waals surface area contributed by atoms with Crippen LogP contribution in [0.5, 0.6) is 0 Å². The molecule has 0 radical (unpaired) electrons. The molecular formula is C9H19N. The van der Waals surface area contributed by atoms with E-state index in [1.807, 2.05) is 0 Å². The topological polar surface area (TPSA) is 12.4 Å². The molecular weight excluding hydrogens is 122 g/mol. The van der Waals surface area contributed by atoms with Gasteiger partial charge in [0.1, 0.15) is 0 Å². The molecule has 0 saturated carbocycles. The summed E-state index contributed by atoms with van der Waals surface area (Å²) in [5.41, 5.74) is 1.41. The Morgan fingerprint density at radius 3 is 1.80 bits per heavy atom. The third-order valence-electron chi connectivity index (χ3n) is 1.46. The highest BCUT2D eigenvalue weighted by atomic mass is 14.7. The van der Waals surface area contributed by atoms with Gasteiger partial charge in [0.05, 0.1) is 0 Å². The Hall–Kier alpha value is -0.330. The van der Waals surface area contributed by atoms with Gasteiger partial charge in [-0.1, -0.05) is 26.7 Å². The van der Waals surface area contributed by atoms with E-state index in [0.717, 1.165) is 6.54 Å². The summed E-state index contributed by atoms with van der Waals surface area (Å²) in [6, 6.07) is 0. The summed E-state index contributed by atoms with van der Waals surface area (Å²) in [5.74, 6) is 0. The maximum absolute atomic E-state index is 4.42. The van der Waals surface area contributed by atoms with Crippen molar-refractivity contribution in [1.82, 2.24) is 0 Å². The molecule has 0 saturated heterocycles. The summed E-state index contributed by atoms with van der Waals surface area (Å²) in [4.78, 5) is 4.42. The molecule has 0 atom stereocenters. The maximum Gasteiger partial charge on any atom is 0.0360 e. The van der Waals surface area contributed by atoms with Crippen LogP contribution in [0.4, 0.5) is 0 Å². The van der Waals surface area contributed by atoms with Crippen molar-refractivity contribution in [1.29, 1.82) is 0 Å². The lowest BCUT2D eigenvalue weighted by atomic mass is 10.1. The normalized spacial score (nSPS) is 9.50. The predicted molar refractivity (Wildman–Crippen MR) is 47.8 cm³/mol. The Balaban J connectivity index is 3.60. The van der Waals surface area contributed by atoms with Crippen molar-refractivity contribution in [2.75, 3.05) is 6.54 Å². The van der Waals surface area contributed by atoms with Crippen molar-refractivity contribution >= 4 is 5.71 Å². The van der Waals surface area contributed by atoms with Gasteiger partial charge in [-0.15, -0.1) is 0 Å². The minimum atomic E-state index is 0.954. The molecule has 0 N–H and O–H groups in total. The molecule has 0 spiro atoms. The second-order valence-corrected chi connectivity index (χ2v) is 2.54. The molecule has 0 aliphatic heterocycles. The number of hydrogen-bond acceptors (Lipinski definition) is 1. The largest absolute Gasteiger partial charge is 0.294 e. The maximum atomic E-state index is 4.42. The van der Waals surface area contributed by atoms with E-state index >= 15 is 0 Å². The van der Waals surface area contributed by atoms with Crippen LogP contribution >= 0.6 is 0 Å². The SMILES string of the molecule is CCCC(CCC)=NCC. The second-order valence-electron chi connectivity index (χ2n) is 2.54. The molecule has 0 fully saturated rings. The van der Waals surface area contributed by atoms with Crippen molar-refractivity contribution in [3.05, 3.63) is 0 Å². The minimum Gasteiger partial charge on any atom is -0.294 e. The molecule has 0 unspecified atom stereocenters. The molecule has 0 aromatic carbocycles. The van der Waals surface area contributed by atoms with Gasteiger partial charge in [-0.25, -0.2) is 0 Å². The Bertz CT molecular complexity index is 86.9. The Labute approximate surface area is 64.6 Å². The lowest BCUT2D eigenvalue weighted by Gasteiger charge is -2.00. The second kappa shape index (κ2) is 6.79. The van der Waals surface area contributed by atoms with E-state index in [0.29, 0.717) is 0 Å². The van der Waals surface area contributed by atoms with Crippen LogP contribution < -0.4 is 0 Å². The fraction of sp³-hybridized carbons (Fsp3) is 0.889. The van der Waals surface area contributed by atoms with E-state index in [1.54, 1.807) is 0 Å². The van der Waals surface area contributed by atoms with Crippen molar-refractivity contribution in [3.8, 4) is 0 Å². The molecule has 0 amide bonds. The van der Waals surface area contributed by atoms with Crippen LogP contribution in [-0.2, 0) is 0 Å². The van der Waals surface area contributed by atoms with E-state index in [9.17, 15) is 0 Å². The fourth-order valence-corrected chi connectivity index (χ4v) is 1.08. The molecule has 0 aromatic heterocycles. The zero-order valence-corrected chi connectivity index (χ0v) is 7.48. The standard InChI is InChI=1S/C9H19N/c1-4-7-9(8-5-2)10-6-3/h4-8H2,1-3H3. The lowest BCUT2D eigenvalue weighted by molar-refractivity contribution is 0.899. The Morgan fingerprint density at radius 1 is 1.00 bits per heavy atom. The first-order chi connectivity index (χ1) is 4.85. The molecule has 0 aromatic rings. The number of rotatable bonds is 5. The Kier molecular flexibility index (Phi) is 6.56. The van der Waals surface area contributed by atoms with Crippen LogP contribution in [0, 0.1) is 0 Å². The first-order valence-corrected chi connectivity index (χ1v) is 4.37. The van der Waals surface area contributed by atoms with E-state index < -0.39 is 0 Å². The summed E-state index contributed by atoms with van der Waals surface area (Å²) < 4.78 is 0. The number of aliphatic imine (C=N–C) groups is 1. The van der Waals surface area contributed by atoms with Crippen LogP contribution in [0.3, 0.4) is 0 Å². The van der Waals surface area contributed by atoms with Gasteiger partial charge in [0, 0.05) is 12.3 Å². The first-order valence-electron chi connectivity index (χ1n) is 4.37. The quantitative estimate of drug-likeness (QED) is 0.522. The monoisotopic (exact) mass is 141 g/mol. The van der Waals surface area contributed by atoms with Gasteiger partial charge in [-0.2, -0.15) is 0 Å². The molecule has 0 rings (SSSR count). The van der Waals surface area contributed by atoms with Gasteiger partial charge in [-0.3, -0.25) is 4.99 Å². The summed E-state index contributed by atoms with van der Waals surface area (Å²) in [6.45, 7) is 7.47. The minimum absolute atomic E-state index is 0.954.